The van der Waals surface area contributed by atoms with Crippen molar-refractivity contribution in [2.45, 2.75) is 32.2 Å². The summed E-state index contributed by atoms with van der Waals surface area (Å²) in [5, 5.41) is 0. The molecule has 4 nitrogen and oxygen atoms in total. The van der Waals surface area contributed by atoms with Gasteiger partial charge < -0.3 is 15.5 Å². The minimum absolute atomic E-state index is 0.0999. The lowest BCUT2D eigenvalue weighted by atomic mass is 9.84. The Bertz CT molecular complexity index is 543. The van der Waals surface area contributed by atoms with E-state index in [1.807, 2.05) is 30.0 Å². The van der Waals surface area contributed by atoms with Gasteiger partial charge in [0.1, 0.15) is 0 Å². The summed E-state index contributed by atoms with van der Waals surface area (Å²) >= 11 is 0. The van der Waals surface area contributed by atoms with E-state index < -0.39 is 0 Å². The minimum Gasteiger partial charge on any atom is -0.398 e. The highest BCUT2D eigenvalue weighted by Gasteiger charge is 2.36. The predicted octanol–water partition coefficient (Wildman–Crippen LogP) is 2.13. The van der Waals surface area contributed by atoms with Crippen molar-refractivity contribution in [3.05, 3.63) is 29.3 Å². The highest BCUT2D eigenvalue weighted by atomic mass is 16.2. The topological polar surface area (TPSA) is 49.6 Å². The van der Waals surface area contributed by atoms with Gasteiger partial charge in [-0.3, -0.25) is 4.79 Å². The van der Waals surface area contributed by atoms with Crippen LogP contribution in [-0.2, 0) is 0 Å². The number of piperidine rings is 2. The van der Waals surface area contributed by atoms with Gasteiger partial charge in [0.05, 0.1) is 5.56 Å². The van der Waals surface area contributed by atoms with Crippen LogP contribution in [0, 0.1) is 12.8 Å². The maximum atomic E-state index is 12.8. The molecule has 114 valence electrons. The molecular weight excluding hydrogens is 262 g/mol. The first-order valence-electron chi connectivity index (χ1n) is 7.92. The second-order valence-electron chi connectivity index (χ2n) is 6.53. The molecule has 2 aliphatic heterocycles. The third-order valence-corrected chi connectivity index (χ3v) is 5.19. The standard InChI is InChI=1S/C17H25N3O/c1-12-5-3-7-14(16(12)18)17(21)20-10-8-15-13(11-20)6-4-9-19(15)2/h3,5,7,13,15H,4,6,8-11,18H2,1-2H3. The van der Waals surface area contributed by atoms with Crippen LogP contribution in [0.3, 0.4) is 0 Å². The molecule has 2 unspecified atom stereocenters. The molecule has 0 aromatic heterocycles. The van der Waals surface area contributed by atoms with Gasteiger partial charge in [-0.15, -0.1) is 0 Å². The summed E-state index contributed by atoms with van der Waals surface area (Å²) in [4.78, 5) is 17.2. The molecule has 2 heterocycles. The highest BCUT2D eigenvalue weighted by molar-refractivity contribution is 5.99. The minimum atomic E-state index is 0.0999. The maximum absolute atomic E-state index is 12.8. The molecule has 2 N–H and O–H groups in total. The summed E-state index contributed by atoms with van der Waals surface area (Å²) in [5.41, 5.74) is 8.36. The number of fused-ring (bicyclic) bond motifs is 1. The van der Waals surface area contributed by atoms with Crippen LogP contribution in [0.4, 0.5) is 5.69 Å². The van der Waals surface area contributed by atoms with Crippen LogP contribution < -0.4 is 5.73 Å². The first-order valence-corrected chi connectivity index (χ1v) is 7.92. The Morgan fingerprint density at radius 3 is 2.90 bits per heavy atom. The van der Waals surface area contributed by atoms with Crippen molar-refractivity contribution in [3.63, 3.8) is 0 Å². The van der Waals surface area contributed by atoms with Crippen LogP contribution >= 0.6 is 0 Å². The van der Waals surface area contributed by atoms with E-state index in [1.165, 1.54) is 19.4 Å². The summed E-state index contributed by atoms with van der Waals surface area (Å²) in [7, 11) is 2.22. The Labute approximate surface area is 126 Å². The van der Waals surface area contributed by atoms with Gasteiger partial charge in [0.2, 0.25) is 0 Å². The number of aryl methyl sites for hydroxylation is 1. The second kappa shape index (κ2) is 5.68. The Morgan fingerprint density at radius 1 is 1.29 bits per heavy atom. The quantitative estimate of drug-likeness (QED) is 0.805. The number of benzene rings is 1. The van der Waals surface area contributed by atoms with Crippen molar-refractivity contribution in [2.75, 3.05) is 32.4 Å². The number of hydrogen-bond acceptors (Lipinski definition) is 3. The smallest absolute Gasteiger partial charge is 0.255 e. The number of rotatable bonds is 1. The molecule has 4 heteroatoms. The SMILES string of the molecule is Cc1cccc(C(=O)N2CCC3C(CCCN3C)C2)c1N. The zero-order valence-corrected chi connectivity index (χ0v) is 13.0. The number of amides is 1. The number of nitrogens with zero attached hydrogens (tertiary/aromatic N) is 2. The number of nitrogens with two attached hydrogens (primary N) is 1. The molecule has 0 spiro atoms. The number of anilines is 1. The van der Waals surface area contributed by atoms with Crippen molar-refractivity contribution in [3.8, 4) is 0 Å². The molecule has 1 aromatic carbocycles. The first-order chi connectivity index (χ1) is 10.1. The zero-order valence-electron chi connectivity index (χ0n) is 13.0. The van der Waals surface area contributed by atoms with E-state index in [9.17, 15) is 4.79 Å². The largest absolute Gasteiger partial charge is 0.398 e. The van der Waals surface area contributed by atoms with Crippen molar-refractivity contribution >= 4 is 11.6 Å². The summed E-state index contributed by atoms with van der Waals surface area (Å²) in [6.07, 6.45) is 3.56. The van der Waals surface area contributed by atoms with Gasteiger partial charge in [-0.1, -0.05) is 12.1 Å². The van der Waals surface area contributed by atoms with Crippen LogP contribution in [0.5, 0.6) is 0 Å². The molecule has 2 atom stereocenters. The number of likely N-dealkylation sites (tertiary alicyclic amines) is 2. The molecule has 2 fully saturated rings. The average Bonchev–Trinajstić information content (AvgIpc) is 2.49. The molecule has 3 rings (SSSR count). The van der Waals surface area contributed by atoms with Gasteiger partial charge in [0, 0.05) is 24.8 Å². The van der Waals surface area contributed by atoms with Crippen molar-refractivity contribution in [1.82, 2.24) is 9.80 Å². The summed E-state index contributed by atoms with van der Waals surface area (Å²) < 4.78 is 0. The average molecular weight is 287 g/mol. The maximum Gasteiger partial charge on any atom is 0.255 e. The van der Waals surface area contributed by atoms with Crippen molar-refractivity contribution in [2.24, 2.45) is 5.92 Å². The fourth-order valence-electron chi connectivity index (χ4n) is 3.87. The first kappa shape index (κ1) is 14.4. The third-order valence-electron chi connectivity index (χ3n) is 5.19. The number of nitrogen functional groups attached to an aromatic ring is 1. The molecule has 2 aliphatic rings. The van der Waals surface area contributed by atoms with E-state index in [0.29, 0.717) is 23.2 Å². The molecule has 1 amide bonds. The van der Waals surface area contributed by atoms with E-state index >= 15 is 0 Å². The Balaban J connectivity index is 1.76. The summed E-state index contributed by atoms with van der Waals surface area (Å²) in [6, 6.07) is 6.37. The number of para-hydroxylation sites is 1. The van der Waals surface area contributed by atoms with Crippen LogP contribution in [0.1, 0.15) is 35.2 Å². The number of carbonyl (C=O) groups excluding carboxylic acids is 1. The van der Waals surface area contributed by atoms with Crippen LogP contribution in [0.2, 0.25) is 0 Å². The third kappa shape index (κ3) is 2.64. The Kier molecular flexibility index (Phi) is 3.89. The molecule has 0 saturated carbocycles. The highest BCUT2D eigenvalue weighted by Crippen LogP contribution is 2.30. The fraction of sp³-hybridized carbons (Fsp3) is 0.588. The molecule has 0 bridgehead atoms. The zero-order chi connectivity index (χ0) is 15.0. The molecule has 1 aromatic rings. The molecule has 0 radical (unpaired) electrons. The van der Waals surface area contributed by atoms with Crippen LogP contribution in [0.25, 0.3) is 0 Å². The molecular formula is C17H25N3O. The summed E-state index contributed by atoms with van der Waals surface area (Å²) in [5.74, 6) is 0.718. The molecule has 2 saturated heterocycles. The van der Waals surface area contributed by atoms with Gasteiger partial charge in [-0.2, -0.15) is 0 Å². The normalized spacial score (nSPS) is 26.5. The predicted molar refractivity (Wildman–Crippen MR) is 85.3 cm³/mol. The van der Waals surface area contributed by atoms with Crippen LogP contribution in [0.15, 0.2) is 18.2 Å². The van der Waals surface area contributed by atoms with E-state index in [4.69, 9.17) is 5.73 Å². The van der Waals surface area contributed by atoms with Gasteiger partial charge in [0.25, 0.3) is 5.91 Å². The van der Waals surface area contributed by atoms with Gasteiger partial charge in [-0.25, -0.2) is 0 Å². The fourth-order valence-corrected chi connectivity index (χ4v) is 3.87. The lowest BCUT2D eigenvalue weighted by molar-refractivity contribution is 0.0317. The van der Waals surface area contributed by atoms with Crippen molar-refractivity contribution in [1.29, 1.82) is 0 Å². The van der Waals surface area contributed by atoms with E-state index in [-0.39, 0.29) is 5.91 Å². The summed E-state index contributed by atoms with van der Waals surface area (Å²) in [6.45, 7) is 4.87. The lowest BCUT2D eigenvalue weighted by Crippen LogP contribution is -2.53. The van der Waals surface area contributed by atoms with E-state index in [0.717, 1.165) is 25.1 Å². The molecule has 21 heavy (non-hydrogen) atoms. The van der Waals surface area contributed by atoms with E-state index in [2.05, 4.69) is 11.9 Å². The number of carbonyl (C=O) groups is 1. The lowest BCUT2D eigenvalue weighted by Gasteiger charge is -2.46. The molecule has 0 aliphatic carbocycles. The Hall–Kier alpha value is -1.55. The van der Waals surface area contributed by atoms with E-state index in [1.54, 1.807) is 0 Å². The Morgan fingerprint density at radius 2 is 2.10 bits per heavy atom. The van der Waals surface area contributed by atoms with Crippen molar-refractivity contribution < 1.29 is 4.79 Å². The van der Waals surface area contributed by atoms with Gasteiger partial charge >= 0.3 is 0 Å². The second-order valence-corrected chi connectivity index (χ2v) is 6.53. The number of hydrogen-bond donors (Lipinski definition) is 1. The monoisotopic (exact) mass is 287 g/mol. The van der Waals surface area contributed by atoms with Gasteiger partial charge in [-0.05, 0) is 57.3 Å². The van der Waals surface area contributed by atoms with Gasteiger partial charge in [0.15, 0.2) is 0 Å². The van der Waals surface area contributed by atoms with Crippen LogP contribution in [-0.4, -0.2) is 48.4 Å².